The highest BCUT2D eigenvalue weighted by atomic mass is 16.4. The number of carboxylic acid groups (broad SMARTS) is 1. The number of amides is 3. The number of carbonyl (C=O) groups excluding carboxylic acids is 3. The van der Waals surface area contributed by atoms with Crippen molar-refractivity contribution in [2.24, 2.45) is 0 Å². The Bertz CT molecular complexity index is 411. The van der Waals surface area contributed by atoms with Crippen molar-refractivity contribution in [2.75, 3.05) is 19.6 Å². The highest BCUT2D eigenvalue weighted by molar-refractivity contribution is 5.84. The number of aliphatic carboxylic acids is 1. The first-order chi connectivity index (χ1) is 10.3. The molecule has 0 fully saturated rings. The lowest BCUT2D eigenvalue weighted by Gasteiger charge is -2.26. The van der Waals surface area contributed by atoms with Gasteiger partial charge in [0.05, 0.1) is 0 Å². The third-order valence-electron chi connectivity index (χ3n) is 3.04. The van der Waals surface area contributed by atoms with Crippen LogP contribution in [0.25, 0.3) is 0 Å². The number of nitrogens with one attached hydrogen (secondary N) is 2. The van der Waals surface area contributed by atoms with Gasteiger partial charge in [-0.25, -0.2) is 4.79 Å². The summed E-state index contributed by atoms with van der Waals surface area (Å²) in [5.74, 6) is -1.83. The Morgan fingerprint density at radius 1 is 1.14 bits per heavy atom. The van der Waals surface area contributed by atoms with E-state index in [1.54, 1.807) is 6.92 Å². The Balaban J connectivity index is 4.45. The van der Waals surface area contributed by atoms with Gasteiger partial charge in [0.2, 0.25) is 17.7 Å². The average Bonchev–Trinajstić information content (AvgIpc) is 2.42. The predicted octanol–water partition coefficient (Wildman–Crippen LogP) is -0.269. The fourth-order valence-corrected chi connectivity index (χ4v) is 1.85. The second kappa shape index (κ2) is 10.6. The summed E-state index contributed by atoms with van der Waals surface area (Å²) in [6, 6.07) is -0.981. The van der Waals surface area contributed by atoms with Crippen molar-refractivity contribution in [2.45, 2.75) is 46.1 Å². The highest BCUT2D eigenvalue weighted by Crippen LogP contribution is 2.06. The molecule has 8 heteroatoms. The van der Waals surface area contributed by atoms with Crippen molar-refractivity contribution in [1.82, 2.24) is 15.5 Å². The molecule has 22 heavy (non-hydrogen) atoms. The van der Waals surface area contributed by atoms with Gasteiger partial charge in [0.15, 0.2) is 0 Å². The minimum atomic E-state index is -1.11. The molecule has 0 aromatic carbocycles. The second-order valence-corrected chi connectivity index (χ2v) is 4.89. The van der Waals surface area contributed by atoms with Crippen LogP contribution in [0.5, 0.6) is 0 Å². The molecule has 0 aromatic rings. The van der Waals surface area contributed by atoms with Crippen LogP contribution in [-0.4, -0.2) is 59.4 Å². The first-order valence-corrected chi connectivity index (χ1v) is 7.33. The van der Waals surface area contributed by atoms with Crippen molar-refractivity contribution in [3.8, 4) is 0 Å². The molecule has 126 valence electrons. The van der Waals surface area contributed by atoms with E-state index >= 15 is 0 Å². The summed E-state index contributed by atoms with van der Waals surface area (Å²) in [6.07, 6.45) is 0.670. The summed E-state index contributed by atoms with van der Waals surface area (Å²) in [7, 11) is 0. The lowest BCUT2D eigenvalue weighted by molar-refractivity contribution is -0.149. The number of carbonyl (C=O) groups is 4. The molecule has 0 aromatic heterocycles. The van der Waals surface area contributed by atoms with Crippen LogP contribution in [0.4, 0.5) is 0 Å². The summed E-state index contributed by atoms with van der Waals surface area (Å²) >= 11 is 0. The minimum absolute atomic E-state index is 0.0921. The summed E-state index contributed by atoms with van der Waals surface area (Å²) in [4.78, 5) is 46.5. The first-order valence-electron chi connectivity index (χ1n) is 7.33. The van der Waals surface area contributed by atoms with Crippen LogP contribution in [0.3, 0.4) is 0 Å². The maximum absolute atomic E-state index is 12.1. The van der Waals surface area contributed by atoms with Crippen LogP contribution in [0.1, 0.15) is 40.0 Å². The molecule has 1 atom stereocenters. The van der Waals surface area contributed by atoms with Crippen LogP contribution < -0.4 is 10.6 Å². The smallest absolute Gasteiger partial charge is 0.326 e. The number of rotatable bonds is 10. The first kappa shape index (κ1) is 19.9. The van der Waals surface area contributed by atoms with Gasteiger partial charge in [0.25, 0.3) is 0 Å². The summed E-state index contributed by atoms with van der Waals surface area (Å²) in [5.41, 5.74) is 0. The number of carboxylic acids is 1. The third-order valence-corrected chi connectivity index (χ3v) is 3.04. The maximum atomic E-state index is 12.1. The molecule has 0 rings (SSSR count). The van der Waals surface area contributed by atoms with Gasteiger partial charge < -0.3 is 20.6 Å². The molecule has 0 aliphatic heterocycles. The molecule has 3 N–H and O–H groups in total. The van der Waals surface area contributed by atoms with E-state index in [0.29, 0.717) is 13.0 Å². The molecule has 0 spiro atoms. The van der Waals surface area contributed by atoms with Gasteiger partial charge in [-0.3, -0.25) is 14.4 Å². The van der Waals surface area contributed by atoms with Crippen LogP contribution in [0.2, 0.25) is 0 Å². The number of hydrogen-bond acceptors (Lipinski definition) is 4. The molecule has 0 aliphatic carbocycles. The topological polar surface area (TPSA) is 116 Å². The lowest BCUT2D eigenvalue weighted by Crippen LogP contribution is -2.46. The van der Waals surface area contributed by atoms with E-state index in [-0.39, 0.29) is 43.7 Å². The molecular formula is C14H25N3O5. The zero-order chi connectivity index (χ0) is 17.1. The maximum Gasteiger partial charge on any atom is 0.326 e. The highest BCUT2D eigenvalue weighted by Gasteiger charge is 2.24. The van der Waals surface area contributed by atoms with Gasteiger partial charge in [0, 0.05) is 39.4 Å². The van der Waals surface area contributed by atoms with E-state index in [9.17, 15) is 19.2 Å². The SMILES string of the molecule is CCNC(=O)CCCC(=O)N(CCNC(C)=O)C(C)C(=O)O. The summed E-state index contributed by atoms with van der Waals surface area (Å²) < 4.78 is 0. The number of nitrogens with zero attached hydrogens (tertiary/aromatic N) is 1. The van der Waals surface area contributed by atoms with Gasteiger partial charge in [0.1, 0.15) is 6.04 Å². The Kier molecular flexibility index (Phi) is 9.56. The molecule has 0 aliphatic rings. The van der Waals surface area contributed by atoms with E-state index in [4.69, 9.17) is 5.11 Å². The van der Waals surface area contributed by atoms with Crippen molar-refractivity contribution in [1.29, 1.82) is 0 Å². The van der Waals surface area contributed by atoms with Crippen molar-refractivity contribution in [3.05, 3.63) is 0 Å². The fraction of sp³-hybridized carbons (Fsp3) is 0.714. The molecule has 0 saturated heterocycles. The molecular weight excluding hydrogens is 290 g/mol. The van der Waals surface area contributed by atoms with Crippen LogP contribution in [0.15, 0.2) is 0 Å². The molecule has 8 nitrogen and oxygen atoms in total. The quantitative estimate of drug-likeness (QED) is 0.513. The molecule has 0 saturated carbocycles. The zero-order valence-electron chi connectivity index (χ0n) is 13.3. The van der Waals surface area contributed by atoms with E-state index in [0.717, 1.165) is 0 Å². The lowest BCUT2D eigenvalue weighted by atomic mass is 10.2. The monoisotopic (exact) mass is 315 g/mol. The van der Waals surface area contributed by atoms with E-state index in [2.05, 4.69) is 10.6 Å². The van der Waals surface area contributed by atoms with Crippen molar-refractivity contribution in [3.63, 3.8) is 0 Å². The predicted molar refractivity (Wildman–Crippen MR) is 80.0 cm³/mol. The van der Waals surface area contributed by atoms with Crippen LogP contribution >= 0.6 is 0 Å². The fourth-order valence-electron chi connectivity index (χ4n) is 1.85. The molecule has 0 radical (unpaired) electrons. The minimum Gasteiger partial charge on any atom is -0.480 e. The van der Waals surface area contributed by atoms with Gasteiger partial charge in [-0.15, -0.1) is 0 Å². The van der Waals surface area contributed by atoms with E-state index in [1.807, 2.05) is 0 Å². The van der Waals surface area contributed by atoms with Crippen LogP contribution in [-0.2, 0) is 19.2 Å². The molecule has 0 heterocycles. The van der Waals surface area contributed by atoms with Gasteiger partial charge in [-0.2, -0.15) is 0 Å². The summed E-state index contributed by atoms with van der Waals surface area (Å²) in [5, 5.41) is 14.2. The Morgan fingerprint density at radius 3 is 2.27 bits per heavy atom. The normalized spacial score (nSPS) is 11.4. The van der Waals surface area contributed by atoms with Crippen molar-refractivity contribution < 1.29 is 24.3 Å². The Hall–Kier alpha value is -2.12. The zero-order valence-corrected chi connectivity index (χ0v) is 13.3. The van der Waals surface area contributed by atoms with Gasteiger partial charge >= 0.3 is 5.97 Å². The largest absolute Gasteiger partial charge is 0.480 e. The summed E-state index contributed by atoms with van der Waals surface area (Å²) in [6.45, 7) is 5.41. The van der Waals surface area contributed by atoms with Gasteiger partial charge in [-0.05, 0) is 20.3 Å². The van der Waals surface area contributed by atoms with Crippen molar-refractivity contribution >= 4 is 23.7 Å². The third kappa shape index (κ3) is 8.23. The van der Waals surface area contributed by atoms with E-state index in [1.165, 1.54) is 18.7 Å². The second-order valence-electron chi connectivity index (χ2n) is 4.89. The number of hydrogen-bond donors (Lipinski definition) is 3. The average molecular weight is 315 g/mol. The standard InChI is InChI=1S/C14H25N3O5/c1-4-15-12(19)6-5-7-13(20)17(10(2)14(21)22)9-8-16-11(3)18/h10H,4-9H2,1-3H3,(H,15,19)(H,16,18)(H,21,22). The van der Waals surface area contributed by atoms with E-state index < -0.39 is 12.0 Å². The molecule has 0 bridgehead atoms. The van der Waals surface area contributed by atoms with Crippen LogP contribution in [0, 0.1) is 0 Å². The Morgan fingerprint density at radius 2 is 1.77 bits per heavy atom. The molecule has 3 amide bonds. The Labute approximate surface area is 130 Å². The molecule has 1 unspecified atom stereocenters. The van der Waals surface area contributed by atoms with Gasteiger partial charge in [-0.1, -0.05) is 0 Å².